The molecule has 0 atom stereocenters. The third kappa shape index (κ3) is 3.13. The number of imidazole rings is 1. The summed E-state index contributed by atoms with van der Waals surface area (Å²) in [5.41, 5.74) is 5.33. The number of fused-ring (bicyclic) bond motifs is 1. The predicted molar refractivity (Wildman–Crippen MR) is 101 cm³/mol. The summed E-state index contributed by atoms with van der Waals surface area (Å²) < 4.78 is 0.568. The van der Waals surface area contributed by atoms with E-state index < -0.39 is 0 Å². The summed E-state index contributed by atoms with van der Waals surface area (Å²) in [5, 5.41) is 3.39. The Morgan fingerprint density at radius 1 is 1.17 bits per heavy atom. The molecule has 0 saturated heterocycles. The summed E-state index contributed by atoms with van der Waals surface area (Å²) in [5.74, 6) is 0.886. The van der Waals surface area contributed by atoms with Crippen molar-refractivity contribution >= 4 is 39.7 Å². The predicted octanol–water partition coefficient (Wildman–Crippen LogP) is 5.26. The Labute approximate surface area is 148 Å². The molecule has 0 fully saturated rings. The molecule has 0 amide bonds. The number of nitrogens with one attached hydrogen (secondary N) is 2. The summed E-state index contributed by atoms with van der Waals surface area (Å²) in [7, 11) is 0. The van der Waals surface area contributed by atoms with Gasteiger partial charge in [0.15, 0.2) is 4.47 Å². The smallest absolute Gasteiger partial charge is 0.183 e. The van der Waals surface area contributed by atoms with Crippen molar-refractivity contribution < 1.29 is 0 Å². The Morgan fingerprint density at radius 2 is 2.00 bits per heavy atom. The number of nitrogens with zero attached hydrogens (tertiary/aromatic N) is 2. The van der Waals surface area contributed by atoms with Crippen LogP contribution in [0.25, 0.3) is 22.4 Å². The summed E-state index contributed by atoms with van der Waals surface area (Å²) in [6.45, 7) is 2.78. The van der Waals surface area contributed by atoms with Gasteiger partial charge in [0.2, 0.25) is 0 Å². The number of hydrogen-bond donors (Lipinski definition) is 2. The highest BCUT2D eigenvalue weighted by molar-refractivity contribution is 7.15. The van der Waals surface area contributed by atoms with E-state index in [0.29, 0.717) is 11.0 Å². The molecule has 4 aromatic rings. The lowest BCUT2D eigenvalue weighted by molar-refractivity contribution is 1.18. The van der Waals surface area contributed by atoms with Crippen molar-refractivity contribution in [2.75, 3.05) is 5.32 Å². The molecule has 120 valence electrons. The summed E-state index contributed by atoms with van der Waals surface area (Å²) >= 11 is 7.34. The van der Waals surface area contributed by atoms with E-state index in [2.05, 4.69) is 57.5 Å². The lowest BCUT2D eigenvalue weighted by Crippen LogP contribution is -1.96. The van der Waals surface area contributed by atoms with E-state index in [-0.39, 0.29) is 0 Å². The zero-order valence-electron chi connectivity index (χ0n) is 13.0. The minimum Gasteiger partial charge on any atom is -0.380 e. The maximum atomic E-state index is 5.86. The molecule has 0 radical (unpaired) electrons. The highest BCUT2D eigenvalue weighted by atomic mass is 35.5. The van der Waals surface area contributed by atoms with Gasteiger partial charge in [0, 0.05) is 22.3 Å². The zero-order chi connectivity index (χ0) is 16.5. The van der Waals surface area contributed by atoms with Crippen LogP contribution in [-0.2, 0) is 6.54 Å². The van der Waals surface area contributed by atoms with E-state index in [1.165, 1.54) is 16.9 Å². The molecule has 2 N–H and O–H groups in total. The molecule has 0 aliphatic heterocycles. The number of anilines is 1. The molecule has 2 aromatic carbocycles. The van der Waals surface area contributed by atoms with Crippen LogP contribution in [0.4, 0.5) is 5.69 Å². The van der Waals surface area contributed by atoms with Crippen molar-refractivity contribution in [3.63, 3.8) is 0 Å². The molecule has 0 aliphatic rings. The first-order chi connectivity index (χ1) is 11.7. The van der Waals surface area contributed by atoms with Gasteiger partial charge < -0.3 is 10.3 Å². The molecule has 24 heavy (non-hydrogen) atoms. The fraction of sp³-hybridized carbons (Fsp3) is 0.111. The fourth-order valence-electron chi connectivity index (χ4n) is 2.52. The van der Waals surface area contributed by atoms with Gasteiger partial charge in [0.25, 0.3) is 0 Å². The van der Waals surface area contributed by atoms with Crippen LogP contribution in [0, 0.1) is 6.92 Å². The van der Waals surface area contributed by atoms with E-state index in [4.69, 9.17) is 11.6 Å². The molecule has 0 spiro atoms. The van der Waals surface area contributed by atoms with Gasteiger partial charge in [-0.15, -0.1) is 11.3 Å². The Hall–Kier alpha value is -2.37. The van der Waals surface area contributed by atoms with Crippen molar-refractivity contribution in [3.8, 4) is 11.4 Å². The Morgan fingerprint density at radius 3 is 2.75 bits per heavy atom. The quantitative estimate of drug-likeness (QED) is 0.525. The van der Waals surface area contributed by atoms with Crippen LogP contribution in [0.15, 0.2) is 48.7 Å². The monoisotopic (exact) mass is 354 g/mol. The molecule has 2 heterocycles. The van der Waals surface area contributed by atoms with Gasteiger partial charge in [-0.1, -0.05) is 41.4 Å². The van der Waals surface area contributed by atoms with Crippen molar-refractivity contribution in [2.24, 2.45) is 0 Å². The van der Waals surface area contributed by atoms with Gasteiger partial charge in [0.05, 0.1) is 17.6 Å². The van der Waals surface area contributed by atoms with Crippen LogP contribution in [-0.4, -0.2) is 15.0 Å². The van der Waals surface area contributed by atoms with Gasteiger partial charge in [0.1, 0.15) is 5.82 Å². The Bertz CT molecular complexity index is 988. The number of benzene rings is 2. The van der Waals surface area contributed by atoms with E-state index in [1.807, 2.05) is 12.1 Å². The lowest BCUT2D eigenvalue weighted by atomic mass is 10.1. The largest absolute Gasteiger partial charge is 0.380 e. The average Bonchev–Trinajstić information content (AvgIpc) is 3.19. The molecule has 0 bridgehead atoms. The van der Waals surface area contributed by atoms with Gasteiger partial charge in [-0.3, -0.25) is 0 Å². The zero-order valence-corrected chi connectivity index (χ0v) is 14.6. The molecular formula is C18H15ClN4S. The minimum absolute atomic E-state index is 0.568. The van der Waals surface area contributed by atoms with E-state index in [9.17, 15) is 0 Å². The topological polar surface area (TPSA) is 53.6 Å². The Kier molecular flexibility index (Phi) is 3.96. The van der Waals surface area contributed by atoms with Crippen molar-refractivity contribution in [3.05, 3.63) is 63.6 Å². The van der Waals surface area contributed by atoms with Crippen LogP contribution < -0.4 is 5.32 Å². The third-order valence-corrected chi connectivity index (χ3v) is 4.91. The number of thiazole rings is 1. The second-order valence-electron chi connectivity index (χ2n) is 5.62. The number of aromatic amines is 1. The molecule has 0 unspecified atom stereocenters. The fourth-order valence-corrected chi connectivity index (χ4v) is 3.44. The lowest BCUT2D eigenvalue weighted by Gasteiger charge is -2.03. The van der Waals surface area contributed by atoms with Gasteiger partial charge in [-0.05, 0) is 25.1 Å². The third-order valence-electron chi connectivity index (χ3n) is 3.80. The second-order valence-corrected chi connectivity index (χ2v) is 7.31. The summed E-state index contributed by atoms with van der Waals surface area (Å²) in [4.78, 5) is 13.2. The first kappa shape index (κ1) is 15.2. The molecule has 4 rings (SSSR count). The van der Waals surface area contributed by atoms with E-state index in [1.54, 1.807) is 6.20 Å². The highest BCUT2D eigenvalue weighted by Gasteiger charge is 2.06. The van der Waals surface area contributed by atoms with Gasteiger partial charge in [-0.25, -0.2) is 9.97 Å². The normalized spacial score (nSPS) is 11.1. The van der Waals surface area contributed by atoms with Crippen LogP contribution >= 0.6 is 22.9 Å². The van der Waals surface area contributed by atoms with E-state index >= 15 is 0 Å². The molecular weight excluding hydrogens is 340 g/mol. The second kappa shape index (κ2) is 6.26. The number of hydrogen-bond acceptors (Lipinski definition) is 4. The van der Waals surface area contributed by atoms with Crippen molar-refractivity contribution in [2.45, 2.75) is 13.5 Å². The Balaban J connectivity index is 1.57. The number of H-pyrrole nitrogens is 1. The average molecular weight is 355 g/mol. The van der Waals surface area contributed by atoms with E-state index in [0.717, 1.165) is 33.0 Å². The molecule has 0 saturated carbocycles. The number of aromatic nitrogens is 3. The van der Waals surface area contributed by atoms with Gasteiger partial charge in [-0.2, -0.15) is 0 Å². The van der Waals surface area contributed by atoms with Crippen molar-refractivity contribution in [1.82, 2.24) is 15.0 Å². The molecule has 0 aliphatic carbocycles. The molecule has 6 heteroatoms. The minimum atomic E-state index is 0.568. The maximum Gasteiger partial charge on any atom is 0.183 e. The molecule has 4 nitrogen and oxygen atoms in total. The van der Waals surface area contributed by atoms with Crippen molar-refractivity contribution in [1.29, 1.82) is 0 Å². The molecule has 2 aromatic heterocycles. The highest BCUT2D eigenvalue weighted by Crippen LogP contribution is 2.24. The maximum absolute atomic E-state index is 5.86. The number of aryl methyl sites for hydroxylation is 1. The van der Waals surface area contributed by atoms with Crippen LogP contribution in [0.5, 0.6) is 0 Å². The van der Waals surface area contributed by atoms with Gasteiger partial charge >= 0.3 is 0 Å². The number of rotatable bonds is 4. The van der Waals surface area contributed by atoms with Crippen LogP contribution in [0.2, 0.25) is 4.47 Å². The summed E-state index contributed by atoms with van der Waals surface area (Å²) in [6, 6.07) is 14.5. The first-order valence-electron chi connectivity index (χ1n) is 7.58. The van der Waals surface area contributed by atoms with Crippen LogP contribution in [0.3, 0.4) is 0 Å². The SMILES string of the molecule is Cc1ccc(-c2nc3ccc(NCc4cnc(Cl)s4)cc3[nH]2)cc1. The van der Waals surface area contributed by atoms with Crippen LogP contribution in [0.1, 0.15) is 10.4 Å². The summed E-state index contributed by atoms with van der Waals surface area (Å²) in [6.07, 6.45) is 1.80. The first-order valence-corrected chi connectivity index (χ1v) is 8.78. The standard InChI is InChI=1S/C18H15ClN4S/c1-11-2-4-12(5-3-11)17-22-15-7-6-13(8-16(15)23-17)20-9-14-10-21-18(19)24-14/h2-8,10,20H,9H2,1H3,(H,22,23). The number of halogens is 1.